The van der Waals surface area contributed by atoms with Gasteiger partial charge in [0, 0.05) is 25.9 Å². The number of benzene rings is 1. The van der Waals surface area contributed by atoms with Gasteiger partial charge >= 0.3 is 5.97 Å². The molecule has 1 aromatic heterocycles. The summed E-state index contributed by atoms with van der Waals surface area (Å²) in [5, 5.41) is 11.6. The van der Waals surface area contributed by atoms with E-state index >= 15 is 0 Å². The van der Waals surface area contributed by atoms with Gasteiger partial charge in [-0.25, -0.2) is 4.79 Å². The number of aryl methyl sites for hydroxylation is 1. The predicted octanol–water partition coefficient (Wildman–Crippen LogP) is 5.02. The lowest BCUT2D eigenvalue weighted by atomic mass is 10.0. The van der Waals surface area contributed by atoms with Gasteiger partial charge in [-0.15, -0.1) is 0 Å². The Morgan fingerprint density at radius 3 is 2.46 bits per heavy atom. The van der Waals surface area contributed by atoms with Crippen molar-refractivity contribution in [2.45, 2.75) is 52.4 Å². The molecule has 7 heteroatoms. The largest absolute Gasteiger partial charge is 0.462 e. The van der Waals surface area contributed by atoms with Gasteiger partial charge in [0.15, 0.2) is 0 Å². The molecular weight excluding hydrogens is 394 g/mol. The van der Waals surface area contributed by atoms with Gasteiger partial charge in [0.2, 0.25) is 0 Å². The van der Waals surface area contributed by atoms with Gasteiger partial charge < -0.3 is 19.1 Å². The fourth-order valence-corrected chi connectivity index (χ4v) is 3.81. The molecule has 1 atom stereocenters. The van der Waals surface area contributed by atoms with E-state index in [1.165, 1.54) is 0 Å². The van der Waals surface area contributed by atoms with Crippen LogP contribution in [0.5, 0.6) is 0 Å². The zero-order chi connectivity index (χ0) is 20.9. The van der Waals surface area contributed by atoms with Gasteiger partial charge in [0.25, 0.3) is 0 Å². The summed E-state index contributed by atoms with van der Waals surface area (Å²) < 4.78 is 12.9. The molecule has 28 heavy (non-hydrogen) atoms. The van der Waals surface area contributed by atoms with Crippen molar-refractivity contribution in [1.29, 1.82) is 0 Å². The van der Waals surface area contributed by atoms with Crippen LogP contribution in [0.2, 0.25) is 30.7 Å². The van der Waals surface area contributed by atoms with Crippen LogP contribution in [0.4, 0.5) is 0 Å². The zero-order valence-electron chi connectivity index (χ0n) is 17.3. The third kappa shape index (κ3) is 5.94. The van der Waals surface area contributed by atoms with E-state index in [1.807, 2.05) is 13.1 Å². The standard InChI is InChI=1S/C21H30ClNO4Si/c1-6-27-21(25)18-15(2)13-23(14-26-11-12-28(3,4)5)19(18)20(24)16-7-9-17(22)10-8-16/h7-10,13,20,24H,6,11-12,14H2,1-5H3. The third-order valence-electron chi connectivity index (χ3n) is 4.46. The first kappa shape index (κ1) is 22.7. The molecule has 2 rings (SSSR count). The normalized spacial score (nSPS) is 12.8. The molecule has 2 aromatic rings. The van der Waals surface area contributed by atoms with Crippen LogP contribution in [0.25, 0.3) is 0 Å². The Hall–Kier alpha value is -1.60. The molecule has 154 valence electrons. The smallest absolute Gasteiger partial charge is 0.340 e. The molecule has 5 nitrogen and oxygen atoms in total. The Balaban J connectivity index is 2.34. The van der Waals surface area contributed by atoms with Crippen molar-refractivity contribution in [3.05, 3.63) is 57.9 Å². The Morgan fingerprint density at radius 2 is 1.89 bits per heavy atom. The summed E-state index contributed by atoms with van der Waals surface area (Å²) in [5.41, 5.74) is 2.26. The van der Waals surface area contributed by atoms with Gasteiger partial charge in [-0.3, -0.25) is 0 Å². The summed E-state index contributed by atoms with van der Waals surface area (Å²) in [7, 11) is -1.19. The van der Waals surface area contributed by atoms with E-state index in [1.54, 1.807) is 35.8 Å². The first-order valence-electron chi connectivity index (χ1n) is 9.52. The molecule has 1 unspecified atom stereocenters. The van der Waals surface area contributed by atoms with Crippen molar-refractivity contribution in [2.24, 2.45) is 0 Å². The number of hydrogen-bond acceptors (Lipinski definition) is 4. The van der Waals surface area contributed by atoms with Crippen LogP contribution in [-0.2, 0) is 16.2 Å². The maximum Gasteiger partial charge on any atom is 0.340 e. The number of halogens is 1. The molecule has 0 fully saturated rings. The summed E-state index contributed by atoms with van der Waals surface area (Å²) >= 11 is 5.96. The van der Waals surface area contributed by atoms with Crippen LogP contribution in [0, 0.1) is 6.92 Å². The number of carbonyl (C=O) groups is 1. The van der Waals surface area contributed by atoms with Gasteiger partial charge in [0.05, 0.1) is 17.9 Å². The van der Waals surface area contributed by atoms with E-state index in [-0.39, 0.29) is 13.3 Å². The number of nitrogens with zero attached hydrogens (tertiary/aromatic N) is 1. The number of aromatic nitrogens is 1. The van der Waals surface area contributed by atoms with Gasteiger partial charge in [-0.05, 0) is 43.2 Å². The topological polar surface area (TPSA) is 60.7 Å². The van der Waals surface area contributed by atoms with E-state index in [2.05, 4.69) is 19.6 Å². The minimum atomic E-state index is -1.19. The molecule has 1 aromatic carbocycles. The van der Waals surface area contributed by atoms with Crippen molar-refractivity contribution >= 4 is 25.6 Å². The molecule has 0 saturated carbocycles. The molecule has 0 aliphatic carbocycles. The Bertz CT molecular complexity index is 796. The lowest BCUT2D eigenvalue weighted by molar-refractivity contribution is 0.0514. The van der Waals surface area contributed by atoms with Crippen molar-refractivity contribution in [3.8, 4) is 0 Å². The average Bonchev–Trinajstić information content (AvgIpc) is 2.94. The maximum absolute atomic E-state index is 12.5. The number of carbonyl (C=O) groups excluding carboxylic acids is 1. The quantitative estimate of drug-likeness (QED) is 0.349. The van der Waals surface area contributed by atoms with Crippen LogP contribution >= 0.6 is 11.6 Å². The fourth-order valence-electron chi connectivity index (χ4n) is 2.93. The predicted molar refractivity (Wildman–Crippen MR) is 115 cm³/mol. The van der Waals surface area contributed by atoms with Crippen molar-refractivity contribution in [3.63, 3.8) is 0 Å². The third-order valence-corrected chi connectivity index (χ3v) is 6.42. The van der Waals surface area contributed by atoms with E-state index in [4.69, 9.17) is 21.1 Å². The molecule has 1 heterocycles. The lowest BCUT2D eigenvalue weighted by Gasteiger charge is -2.19. The number of aliphatic hydroxyl groups is 1. The minimum absolute atomic E-state index is 0.269. The van der Waals surface area contributed by atoms with E-state index in [0.29, 0.717) is 28.5 Å². The summed E-state index contributed by atoms with van der Waals surface area (Å²) in [6.45, 7) is 11.7. The Morgan fingerprint density at radius 1 is 1.25 bits per heavy atom. The number of hydrogen-bond donors (Lipinski definition) is 1. The molecular formula is C21H30ClNO4Si. The molecule has 0 radical (unpaired) electrons. The van der Waals surface area contributed by atoms with Crippen molar-refractivity contribution in [1.82, 2.24) is 4.57 Å². The summed E-state index contributed by atoms with van der Waals surface area (Å²) in [6, 6.07) is 7.98. The molecule has 0 aliphatic rings. The average molecular weight is 424 g/mol. The molecule has 0 aliphatic heterocycles. The van der Waals surface area contributed by atoms with Crippen molar-refractivity contribution in [2.75, 3.05) is 13.2 Å². The van der Waals surface area contributed by atoms with E-state index < -0.39 is 20.1 Å². The van der Waals surface area contributed by atoms with Gasteiger partial charge in [-0.1, -0.05) is 43.4 Å². The van der Waals surface area contributed by atoms with Crippen LogP contribution in [0.3, 0.4) is 0 Å². The minimum Gasteiger partial charge on any atom is -0.462 e. The van der Waals surface area contributed by atoms with E-state index in [9.17, 15) is 9.90 Å². The zero-order valence-corrected chi connectivity index (χ0v) is 19.0. The second-order valence-electron chi connectivity index (χ2n) is 8.06. The molecule has 1 N–H and O–H groups in total. The van der Waals surface area contributed by atoms with Gasteiger partial charge in [0.1, 0.15) is 12.8 Å². The van der Waals surface area contributed by atoms with Crippen LogP contribution in [-0.4, -0.2) is 36.9 Å². The van der Waals surface area contributed by atoms with Crippen molar-refractivity contribution < 1.29 is 19.4 Å². The highest BCUT2D eigenvalue weighted by atomic mass is 35.5. The Kier molecular flexibility index (Phi) is 7.89. The second-order valence-corrected chi connectivity index (χ2v) is 14.1. The second kappa shape index (κ2) is 9.74. The SMILES string of the molecule is CCOC(=O)c1c(C)cn(COCC[Si](C)(C)C)c1C(O)c1ccc(Cl)cc1. The fraction of sp³-hybridized carbons (Fsp3) is 0.476. The highest BCUT2D eigenvalue weighted by Gasteiger charge is 2.27. The van der Waals surface area contributed by atoms with Crippen LogP contribution in [0.1, 0.15) is 40.2 Å². The highest BCUT2D eigenvalue weighted by molar-refractivity contribution is 6.76. The monoisotopic (exact) mass is 423 g/mol. The van der Waals surface area contributed by atoms with Crippen LogP contribution in [0.15, 0.2) is 30.5 Å². The lowest BCUT2D eigenvalue weighted by Crippen LogP contribution is -2.22. The molecule has 0 spiro atoms. The first-order valence-corrected chi connectivity index (χ1v) is 13.6. The number of rotatable bonds is 9. The highest BCUT2D eigenvalue weighted by Crippen LogP contribution is 2.30. The first-order chi connectivity index (χ1) is 13.1. The number of ether oxygens (including phenoxy) is 2. The molecule has 0 saturated heterocycles. The summed E-state index contributed by atoms with van der Waals surface area (Å²) in [5.74, 6) is -0.441. The van der Waals surface area contributed by atoms with Crippen LogP contribution < -0.4 is 0 Å². The summed E-state index contributed by atoms with van der Waals surface area (Å²) in [6.07, 6.45) is 0.834. The summed E-state index contributed by atoms with van der Waals surface area (Å²) in [4.78, 5) is 12.5. The molecule has 0 amide bonds. The van der Waals surface area contributed by atoms with E-state index in [0.717, 1.165) is 11.6 Å². The van der Waals surface area contributed by atoms with Gasteiger partial charge in [-0.2, -0.15) is 0 Å². The maximum atomic E-state index is 12.5. The Labute approximate surface area is 173 Å². The molecule has 0 bridgehead atoms. The number of esters is 1. The number of aliphatic hydroxyl groups excluding tert-OH is 1.